The number of morpholine rings is 1. The Kier molecular flexibility index (Phi) is 6.12. The van der Waals surface area contributed by atoms with E-state index >= 15 is 0 Å². The van der Waals surface area contributed by atoms with Crippen molar-refractivity contribution in [1.29, 1.82) is 0 Å². The Labute approximate surface area is 137 Å². The molecule has 6 nitrogen and oxygen atoms in total. The predicted molar refractivity (Wildman–Crippen MR) is 89.1 cm³/mol. The van der Waals surface area contributed by atoms with Crippen molar-refractivity contribution in [3.63, 3.8) is 0 Å². The highest BCUT2D eigenvalue weighted by Crippen LogP contribution is 2.16. The number of carbonyl (C=O) groups is 2. The number of carbonyl (C=O) groups excluding carboxylic acids is 2. The van der Waals surface area contributed by atoms with Crippen LogP contribution in [-0.2, 0) is 14.3 Å². The molecule has 1 aliphatic heterocycles. The van der Waals surface area contributed by atoms with Crippen molar-refractivity contribution in [2.24, 2.45) is 5.73 Å². The van der Waals surface area contributed by atoms with Crippen LogP contribution >= 0.6 is 0 Å². The van der Waals surface area contributed by atoms with E-state index in [4.69, 9.17) is 10.5 Å². The molecule has 1 heterocycles. The van der Waals surface area contributed by atoms with Gasteiger partial charge in [-0.3, -0.25) is 14.5 Å². The zero-order chi connectivity index (χ0) is 16.8. The van der Waals surface area contributed by atoms with Gasteiger partial charge in [0.05, 0.1) is 18.8 Å². The lowest BCUT2D eigenvalue weighted by Crippen LogP contribution is -2.50. The molecule has 0 spiro atoms. The molecule has 1 fully saturated rings. The molecule has 1 saturated heterocycles. The molecule has 0 aromatic heterocycles. The minimum Gasteiger partial charge on any atom is -0.373 e. The zero-order valence-corrected chi connectivity index (χ0v) is 13.8. The molecular formula is C17H25N3O3. The highest BCUT2D eigenvalue weighted by molar-refractivity contribution is 5.95. The SMILES string of the molecule is CC1CN(CC(=O)N(CCC(N)=O)c2ccccc2)CC(C)O1. The molecule has 0 saturated carbocycles. The smallest absolute Gasteiger partial charge is 0.241 e. The van der Waals surface area contributed by atoms with Gasteiger partial charge in [0, 0.05) is 31.7 Å². The molecule has 6 heteroatoms. The first-order valence-electron chi connectivity index (χ1n) is 7.97. The average molecular weight is 319 g/mol. The van der Waals surface area contributed by atoms with Crippen LogP contribution in [0, 0.1) is 0 Å². The highest BCUT2D eigenvalue weighted by atomic mass is 16.5. The van der Waals surface area contributed by atoms with E-state index in [0.29, 0.717) is 13.1 Å². The van der Waals surface area contributed by atoms with Crippen molar-refractivity contribution in [3.8, 4) is 0 Å². The Hall–Kier alpha value is -1.92. The van der Waals surface area contributed by atoms with Gasteiger partial charge >= 0.3 is 0 Å². The van der Waals surface area contributed by atoms with Gasteiger partial charge in [-0.2, -0.15) is 0 Å². The van der Waals surface area contributed by atoms with E-state index in [2.05, 4.69) is 4.90 Å². The molecule has 2 amide bonds. The maximum atomic E-state index is 12.7. The maximum absolute atomic E-state index is 12.7. The third kappa shape index (κ3) is 5.33. The summed E-state index contributed by atoms with van der Waals surface area (Å²) in [5.74, 6) is -0.439. The first kappa shape index (κ1) is 17.4. The van der Waals surface area contributed by atoms with Crippen LogP contribution in [0.1, 0.15) is 20.3 Å². The van der Waals surface area contributed by atoms with Crippen LogP contribution in [0.15, 0.2) is 30.3 Å². The van der Waals surface area contributed by atoms with Gasteiger partial charge < -0.3 is 15.4 Å². The normalized spacial score (nSPS) is 21.8. The van der Waals surface area contributed by atoms with Gasteiger partial charge in [0.2, 0.25) is 11.8 Å². The van der Waals surface area contributed by atoms with Crippen molar-refractivity contribution in [1.82, 2.24) is 4.90 Å². The van der Waals surface area contributed by atoms with Gasteiger partial charge in [0.1, 0.15) is 0 Å². The Balaban J connectivity index is 2.05. The number of primary amides is 1. The molecule has 2 atom stereocenters. The minimum absolute atomic E-state index is 0.0289. The second-order valence-electron chi connectivity index (χ2n) is 6.05. The lowest BCUT2D eigenvalue weighted by Gasteiger charge is -2.36. The fraction of sp³-hybridized carbons (Fsp3) is 0.529. The lowest BCUT2D eigenvalue weighted by atomic mass is 10.2. The van der Waals surface area contributed by atoms with Crippen molar-refractivity contribution < 1.29 is 14.3 Å². The van der Waals surface area contributed by atoms with E-state index in [1.807, 2.05) is 44.2 Å². The summed E-state index contributed by atoms with van der Waals surface area (Å²) < 4.78 is 5.69. The van der Waals surface area contributed by atoms with Crippen LogP contribution in [0.25, 0.3) is 0 Å². The first-order chi connectivity index (χ1) is 11.0. The fourth-order valence-corrected chi connectivity index (χ4v) is 2.92. The number of benzene rings is 1. The second-order valence-corrected chi connectivity index (χ2v) is 6.05. The van der Waals surface area contributed by atoms with Gasteiger partial charge in [-0.05, 0) is 26.0 Å². The van der Waals surface area contributed by atoms with Crippen molar-refractivity contribution in [2.45, 2.75) is 32.5 Å². The third-order valence-electron chi connectivity index (χ3n) is 3.80. The quantitative estimate of drug-likeness (QED) is 0.849. The Morgan fingerprint density at radius 3 is 2.39 bits per heavy atom. The summed E-state index contributed by atoms with van der Waals surface area (Å²) in [5, 5.41) is 0. The molecule has 1 aliphatic rings. The van der Waals surface area contributed by atoms with E-state index in [-0.39, 0.29) is 24.5 Å². The molecule has 23 heavy (non-hydrogen) atoms. The lowest BCUT2D eigenvalue weighted by molar-refractivity contribution is -0.123. The van der Waals surface area contributed by atoms with E-state index < -0.39 is 5.91 Å². The summed E-state index contributed by atoms with van der Waals surface area (Å²) in [7, 11) is 0. The predicted octanol–water partition coefficient (Wildman–Crippen LogP) is 1.00. The molecule has 2 unspecified atom stereocenters. The van der Waals surface area contributed by atoms with Crippen LogP contribution in [0.3, 0.4) is 0 Å². The van der Waals surface area contributed by atoms with Crippen molar-refractivity contribution >= 4 is 17.5 Å². The molecule has 0 radical (unpaired) electrons. The summed E-state index contributed by atoms with van der Waals surface area (Å²) in [6.07, 6.45) is 0.376. The minimum atomic E-state index is -0.410. The monoisotopic (exact) mass is 319 g/mol. The summed E-state index contributed by atoms with van der Waals surface area (Å²) in [6.45, 7) is 6.09. The number of nitrogens with two attached hydrogens (primary N) is 1. The standard InChI is InChI=1S/C17H25N3O3/c1-13-10-19(11-14(2)23-13)12-17(22)20(9-8-16(18)21)15-6-4-3-5-7-15/h3-7,13-14H,8-12H2,1-2H3,(H2,18,21). The molecule has 0 aliphatic carbocycles. The van der Waals surface area contributed by atoms with Gasteiger partial charge in [0.25, 0.3) is 0 Å². The molecule has 0 bridgehead atoms. The maximum Gasteiger partial charge on any atom is 0.241 e. The van der Waals surface area contributed by atoms with Crippen LogP contribution < -0.4 is 10.6 Å². The van der Waals surface area contributed by atoms with Gasteiger partial charge in [-0.1, -0.05) is 18.2 Å². The van der Waals surface area contributed by atoms with E-state index in [1.54, 1.807) is 4.90 Å². The van der Waals surface area contributed by atoms with E-state index in [1.165, 1.54) is 0 Å². The van der Waals surface area contributed by atoms with E-state index in [0.717, 1.165) is 18.8 Å². The molecule has 126 valence electrons. The summed E-state index contributed by atoms with van der Waals surface area (Å²) in [5.41, 5.74) is 6.02. The van der Waals surface area contributed by atoms with Gasteiger partial charge in [-0.25, -0.2) is 0 Å². The van der Waals surface area contributed by atoms with Gasteiger partial charge in [0.15, 0.2) is 0 Å². The summed E-state index contributed by atoms with van der Waals surface area (Å²) in [4.78, 5) is 27.6. The Bertz CT molecular complexity index is 525. The molecule has 1 aromatic rings. The Morgan fingerprint density at radius 1 is 1.22 bits per heavy atom. The zero-order valence-electron chi connectivity index (χ0n) is 13.8. The topological polar surface area (TPSA) is 75.9 Å². The average Bonchev–Trinajstić information content (AvgIpc) is 2.47. The summed E-state index contributed by atoms with van der Waals surface area (Å²) in [6, 6.07) is 9.37. The summed E-state index contributed by atoms with van der Waals surface area (Å²) >= 11 is 0. The largest absolute Gasteiger partial charge is 0.373 e. The van der Waals surface area contributed by atoms with Crippen LogP contribution in [-0.4, -0.2) is 55.1 Å². The Morgan fingerprint density at radius 2 is 1.83 bits per heavy atom. The van der Waals surface area contributed by atoms with E-state index in [9.17, 15) is 9.59 Å². The number of ether oxygens (including phenoxy) is 1. The number of anilines is 1. The first-order valence-corrected chi connectivity index (χ1v) is 7.97. The fourth-order valence-electron chi connectivity index (χ4n) is 2.92. The third-order valence-corrected chi connectivity index (χ3v) is 3.80. The molecule has 2 N–H and O–H groups in total. The van der Waals surface area contributed by atoms with Gasteiger partial charge in [-0.15, -0.1) is 0 Å². The number of hydrogen-bond acceptors (Lipinski definition) is 4. The molecule has 2 rings (SSSR count). The highest BCUT2D eigenvalue weighted by Gasteiger charge is 2.26. The van der Waals surface area contributed by atoms with Crippen LogP contribution in [0.5, 0.6) is 0 Å². The molecular weight excluding hydrogens is 294 g/mol. The number of amides is 2. The number of nitrogens with zero attached hydrogens (tertiary/aromatic N) is 2. The van der Waals surface area contributed by atoms with Crippen molar-refractivity contribution in [3.05, 3.63) is 30.3 Å². The van der Waals surface area contributed by atoms with Crippen molar-refractivity contribution in [2.75, 3.05) is 31.1 Å². The second kappa shape index (κ2) is 8.08. The van der Waals surface area contributed by atoms with Crippen LogP contribution in [0.2, 0.25) is 0 Å². The van der Waals surface area contributed by atoms with Crippen LogP contribution in [0.4, 0.5) is 5.69 Å². The molecule has 1 aromatic carbocycles. The number of para-hydroxylation sites is 1. The number of hydrogen-bond donors (Lipinski definition) is 1. The number of rotatable bonds is 6.